The molecule has 1 N–H and O–H groups in total. The second kappa shape index (κ2) is 9.65. The third-order valence-electron chi connectivity index (χ3n) is 4.04. The molecule has 0 aliphatic rings. The number of hydrogen-bond acceptors (Lipinski definition) is 9. The molecule has 0 bridgehead atoms. The Labute approximate surface area is 175 Å². The fraction of sp³-hybridized carbons (Fsp3) is 0.211. The number of nitrogens with zero attached hydrogens (tertiary/aromatic N) is 3. The summed E-state index contributed by atoms with van der Waals surface area (Å²) in [7, 11) is 2.88. The highest BCUT2D eigenvalue weighted by molar-refractivity contribution is 7.07. The van der Waals surface area contributed by atoms with E-state index in [9.17, 15) is 14.9 Å². The molecular weight excluding hydrogens is 412 g/mol. The number of amides is 1. The molecule has 3 aromatic rings. The summed E-state index contributed by atoms with van der Waals surface area (Å²) >= 11 is 1.41. The Morgan fingerprint density at radius 1 is 1.20 bits per heavy atom. The van der Waals surface area contributed by atoms with Crippen molar-refractivity contribution in [3.63, 3.8) is 0 Å². The van der Waals surface area contributed by atoms with Gasteiger partial charge in [-0.15, -0.1) is 11.3 Å². The fourth-order valence-corrected chi connectivity index (χ4v) is 3.11. The van der Waals surface area contributed by atoms with Gasteiger partial charge in [0, 0.05) is 30.3 Å². The van der Waals surface area contributed by atoms with Gasteiger partial charge in [-0.2, -0.15) is 0 Å². The van der Waals surface area contributed by atoms with Crippen molar-refractivity contribution in [2.75, 3.05) is 14.2 Å². The number of rotatable bonds is 9. The van der Waals surface area contributed by atoms with Crippen LogP contribution in [0.15, 0.2) is 41.4 Å². The normalized spacial score (nSPS) is 10.3. The lowest BCUT2D eigenvalue weighted by atomic mass is 10.1. The maximum absolute atomic E-state index is 12.7. The SMILES string of the molecule is COc1cc(CNC(=O)c2cc(OC)c(OCc3cscn3)cc2[N+](=O)[O-])ccn1. The monoisotopic (exact) mass is 430 g/mol. The van der Waals surface area contributed by atoms with Crippen molar-refractivity contribution in [3.05, 3.63) is 68.3 Å². The van der Waals surface area contributed by atoms with Gasteiger partial charge in [-0.1, -0.05) is 0 Å². The van der Waals surface area contributed by atoms with E-state index in [1.54, 1.807) is 29.2 Å². The van der Waals surface area contributed by atoms with Crippen LogP contribution in [0.2, 0.25) is 0 Å². The highest BCUT2D eigenvalue weighted by Crippen LogP contribution is 2.35. The van der Waals surface area contributed by atoms with Crippen LogP contribution in [-0.2, 0) is 13.2 Å². The van der Waals surface area contributed by atoms with Crippen molar-refractivity contribution >= 4 is 22.9 Å². The molecule has 0 aliphatic carbocycles. The summed E-state index contributed by atoms with van der Waals surface area (Å²) < 4.78 is 15.9. The molecule has 0 saturated heterocycles. The van der Waals surface area contributed by atoms with Gasteiger partial charge in [0.2, 0.25) is 5.88 Å². The summed E-state index contributed by atoms with van der Waals surface area (Å²) in [5.41, 5.74) is 2.53. The van der Waals surface area contributed by atoms with Crippen LogP contribution < -0.4 is 19.5 Å². The van der Waals surface area contributed by atoms with Crippen LogP contribution in [0.3, 0.4) is 0 Å². The lowest BCUT2D eigenvalue weighted by molar-refractivity contribution is -0.385. The molecule has 0 saturated carbocycles. The number of nitro benzene ring substituents is 1. The number of carbonyl (C=O) groups is 1. The van der Waals surface area contributed by atoms with Crippen LogP contribution in [0.4, 0.5) is 5.69 Å². The highest BCUT2D eigenvalue weighted by atomic mass is 32.1. The Morgan fingerprint density at radius 3 is 2.70 bits per heavy atom. The van der Waals surface area contributed by atoms with Crippen LogP contribution in [0, 0.1) is 10.1 Å². The minimum absolute atomic E-state index is 0.117. The van der Waals surface area contributed by atoms with Crippen LogP contribution in [0.1, 0.15) is 21.6 Å². The number of methoxy groups -OCH3 is 2. The van der Waals surface area contributed by atoms with Gasteiger partial charge < -0.3 is 19.5 Å². The molecule has 0 radical (unpaired) electrons. The third-order valence-corrected chi connectivity index (χ3v) is 4.68. The Bertz CT molecular complexity index is 1040. The van der Waals surface area contributed by atoms with Gasteiger partial charge in [-0.05, 0) is 11.6 Å². The number of aromatic nitrogens is 2. The lowest BCUT2D eigenvalue weighted by Gasteiger charge is -2.12. The first-order valence-electron chi connectivity index (χ1n) is 8.65. The minimum atomic E-state index is -0.639. The first kappa shape index (κ1) is 21.0. The van der Waals surface area contributed by atoms with E-state index in [-0.39, 0.29) is 30.2 Å². The van der Waals surface area contributed by atoms with E-state index in [0.29, 0.717) is 11.6 Å². The topological polar surface area (TPSA) is 126 Å². The first-order chi connectivity index (χ1) is 14.5. The lowest BCUT2D eigenvalue weighted by Crippen LogP contribution is -2.24. The zero-order chi connectivity index (χ0) is 21.5. The van der Waals surface area contributed by atoms with Crippen molar-refractivity contribution in [2.45, 2.75) is 13.2 Å². The predicted molar refractivity (Wildman–Crippen MR) is 108 cm³/mol. The van der Waals surface area contributed by atoms with Crippen molar-refractivity contribution in [1.82, 2.24) is 15.3 Å². The van der Waals surface area contributed by atoms with E-state index in [1.165, 1.54) is 37.7 Å². The molecule has 2 heterocycles. The zero-order valence-corrected chi connectivity index (χ0v) is 17.0. The molecule has 11 heteroatoms. The smallest absolute Gasteiger partial charge is 0.286 e. The molecule has 3 rings (SSSR count). The number of hydrogen-bond donors (Lipinski definition) is 1. The fourth-order valence-electron chi connectivity index (χ4n) is 2.56. The number of benzene rings is 1. The largest absolute Gasteiger partial charge is 0.493 e. The van der Waals surface area contributed by atoms with Gasteiger partial charge in [0.15, 0.2) is 11.5 Å². The summed E-state index contributed by atoms with van der Waals surface area (Å²) in [6, 6.07) is 5.82. The number of nitrogens with one attached hydrogen (secondary N) is 1. The molecule has 0 aliphatic heterocycles. The maximum Gasteiger partial charge on any atom is 0.286 e. The van der Waals surface area contributed by atoms with E-state index in [1.807, 2.05) is 0 Å². The Hall–Kier alpha value is -3.73. The van der Waals surface area contributed by atoms with Crippen LogP contribution in [0.5, 0.6) is 17.4 Å². The van der Waals surface area contributed by atoms with Gasteiger partial charge in [0.25, 0.3) is 11.6 Å². The summed E-state index contributed by atoms with van der Waals surface area (Å²) in [4.78, 5) is 31.7. The molecular formula is C19H18N4O6S. The van der Waals surface area contributed by atoms with E-state index in [4.69, 9.17) is 14.2 Å². The second-order valence-corrected chi connectivity index (χ2v) is 6.65. The molecule has 156 valence electrons. The summed E-state index contributed by atoms with van der Waals surface area (Å²) in [5.74, 6) is 0.122. The van der Waals surface area contributed by atoms with Crippen molar-refractivity contribution in [3.8, 4) is 17.4 Å². The molecule has 2 aromatic heterocycles. The number of carbonyl (C=O) groups excluding carboxylic acids is 1. The first-order valence-corrected chi connectivity index (χ1v) is 9.59. The number of nitro groups is 1. The molecule has 1 aromatic carbocycles. The van der Waals surface area contributed by atoms with Gasteiger partial charge in [-0.3, -0.25) is 14.9 Å². The molecule has 0 atom stereocenters. The number of pyridine rings is 1. The summed E-state index contributed by atoms with van der Waals surface area (Å²) in [6.45, 7) is 0.256. The molecule has 10 nitrogen and oxygen atoms in total. The van der Waals surface area contributed by atoms with Crippen molar-refractivity contribution < 1.29 is 23.9 Å². The maximum atomic E-state index is 12.7. The highest BCUT2D eigenvalue weighted by Gasteiger charge is 2.25. The van der Waals surface area contributed by atoms with E-state index < -0.39 is 16.5 Å². The number of ether oxygens (including phenoxy) is 3. The van der Waals surface area contributed by atoms with Crippen molar-refractivity contribution in [1.29, 1.82) is 0 Å². The third kappa shape index (κ3) is 5.00. The zero-order valence-electron chi connectivity index (χ0n) is 16.2. The van der Waals surface area contributed by atoms with Crippen LogP contribution in [0.25, 0.3) is 0 Å². The Kier molecular flexibility index (Phi) is 6.75. The van der Waals surface area contributed by atoms with Crippen molar-refractivity contribution in [2.24, 2.45) is 0 Å². The Balaban J connectivity index is 1.81. The summed E-state index contributed by atoms with van der Waals surface area (Å²) in [6.07, 6.45) is 1.54. The van der Waals surface area contributed by atoms with Gasteiger partial charge in [0.1, 0.15) is 12.2 Å². The van der Waals surface area contributed by atoms with E-state index in [2.05, 4.69) is 15.3 Å². The molecule has 30 heavy (non-hydrogen) atoms. The molecule has 0 fully saturated rings. The second-order valence-electron chi connectivity index (χ2n) is 5.93. The standard InChI is InChI=1S/C19H18N4O6S/c1-27-16-6-14(19(24)21-8-12-3-4-20-18(5-12)28-2)15(23(25)26)7-17(16)29-9-13-10-30-11-22-13/h3-7,10-11H,8-9H2,1-2H3,(H,21,24). The van der Waals surface area contributed by atoms with Gasteiger partial charge in [0.05, 0.1) is 36.4 Å². The molecule has 0 unspecified atom stereocenters. The molecule has 0 spiro atoms. The Morgan fingerprint density at radius 2 is 2.03 bits per heavy atom. The average molecular weight is 430 g/mol. The molecule has 1 amide bonds. The quantitative estimate of drug-likeness (QED) is 0.406. The van der Waals surface area contributed by atoms with E-state index in [0.717, 1.165) is 5.56 Å². The van der Waals surface area contributed by atoms with Crippen LogP contribution >= 0.6 is 11.3 Å². The number of thiazole rings is 1. The minimum Gasteiger partial charge on any atom is -0.493 e. The summed E-state index contributed by atoms with van der Waals surface area (Å²) in [5, 5.41) is 16.0. The van der Waals surface area contributed by atoms with Gasteiger partial charge >= 0.3 is 0 Å². The van der Waals surface area contributed by atoms with Gasteiger partial charge in [-0.25, -0.2) is 9.97 Å². The van der Waals surface area contributed by atoms with E-state index >= 15 is 0 Å². The predicted octanol–water partition coefficient (Wildman–Crippen LogP) is 2.97. The van der Waals surface area contributed by atoms with Crippen LogP contribution in [-0.4, -0.2) is 35.0 Å². The average Bonchev–Trinajstić information content (AvgIpc) is 3.29.